The van der Waals surface area contributed by atoms with Crippen molar-refractivity contribution < 1.29 is 5.11 Å². The molecule has 2 nitrogen and oxygen atoms in total. The van der Waals surface area contributed by atoms with E-state index in [0.717, 1.165) is 13.0 Å². The Morgan fingerprint density at radius 2 is 2.00 bits per heavy atom. The average molecular weight is 159 g/mol. The number of aliphatic hydroxyl groups is 1. The van der Waals surface area contributed by atoms with E-state index in [4.69, 9.17) is 23.5 Å². The molecule has 0 aromatic heterocycles. The SMILES string of the molecule is [B]C([B])([B])C1(O)CCCN(C)C1. The Kier molecular flexibility index (Phi) is 2.64. The first-order valence-electron chi connectivity index (χ1n) is 4.13. The second-order valence-corrected chi connectivity index (χ2v) is 3.81. The zero-order valence-corrected chi connectivity index (χ0v) is 7.45. The number of hydrogen-bond acceptors (Lipinski definition) is 2. The maximum atomic E-state index is 9.96. The summed E-state index contributed by atoms with van der Waals surface area (Å²) in [5, 5.41) is 8.46. The second kappa shape index (κ2) is 3.11. The van der Waals surface area contributed by atoms with E-state index in [0.29, 0.717) is 13.0 Å². The Bertz CT molecular complexity index is 171. The predicted molar refractivity (Wildman–Crippen MR) is 51.6 cm³/mol. The van der Waals surface area contributed by atoms with Crippen molar-refractivity contribution >= 4 is 23.5 Å². The molecule has 60 valence electrons. The number of hydrogen-bond donors (Lipinski definition) is 1. The molecule has 1 fully saturated rings. The van der Waals surface area contributed by atoms with Crippen LogP contribution in [0.1, 0.15) is 12.8 Å². The van der Waals surface area contributed by atoms with Crippen molar-refractivity contribution in [1.29, 1.82) is 0 Å². The third-order valence-corrected chi connectivity index (χ3v) is 2.47. The molecule has 1 aliphatic rings. The highest BCUT2D eigenvalue weighted by molar-refractivity contribution is 6.59. The maximum absolute atomic E-state index is 9.96. The highest BCUT2D eigenvalue weighted by Gasteiger charge is 2.40. The number of piperidine rings is 1. The minimum absolute atomic E-state index is 0.441. The molecule has 1 aliphatic heterocycles. The Hall–Kier alpha value is 0.115. The Balaban J connectivity index is 2.70. The third-order valence-electron chi connectivity index (χ3n) is 2.47. The summed E-state index contributed by atoms with van der Waals surface area (Å²) < 4.78 is 0. The summed E-state index contributed by atoms with van der Waals surface area (Å²) in [6.45, 7) is 1.40. The zero-order valence-electron chi connectivity index (χ0n) is 7.45. The molecule has 12 heavy (non-hydrogen) atoms. The lowest BCUT2D eigenvalue weighted by atomic mass is 9.35. The molecule has 0 aromatic rings. The summed E-state index contributed by atoms with van der Waals surface area (Å²) in [5.74, 6) is 0. The number of β-amino-alcohol motifs (C(OH)–C–C–N with tert-alkyl or cyclic N) is 1. The molecule has 1 rings (SSSR count). The van der Waals surface area contributed by atoms with Crippen LogP contribution in [0.15, 0.2) is 0 Å². The topological polar surface area (TPSA) is 23.5 Å². The molecule has 1 unspecified atom stereocenters. The van der Waals surface area contributed by atoms with Crippen molar-refractivity contribution in [3.8, 4) is 0 Å². The molecule has 6 radical (unpaired) electrons. The van der Waals surface area contributed by atoms with Gasteiger partial charge in [-0.1, -0.05) is 0 Å². The van der Waals surface area contributed by atoms with Crippen LogP contribution in [0.5, 0.6) is 0 Å². The van der Waals surface area contributed by atoms with Gasteiger partial charge in [-0.2, -0.15) is 0 Å². The van der Waals surface area contributed by atoms with Crippen LogP contribution in [0.25, 0.3) is 0 Å². The van der Waals surface area contributed by atoms with E-state index in [1.807, 2.05) is 11.9 Å². The van der Waals surface area contributed by atoms with Crippen LogP contribution < -0.4 is 0 Å². The lowest BCUT2D eigenvalue weighted by molar-refractivity contribution is -0.0220. The van der Waals surface area contributed by atoms with Crippen LogP contribution in [0.2, 0.25) is 5.11 Å². The largest absolute Gasteiger partial charge is 0.390 e. The lowest BCUT2D eigenvalue weighted by Crippen LogP contribution is -2.55. The van der Waals surface area contributed by atoms with Crippen LogP contribution >= 0.6 is 0 Å². The zero-order chi connectivity index (χ0) is 9.41. The van der Waals surface area contributed by atoms with Gasteiger partial charge in [0.05, 0.1) is 29.1 Å². The van der Waals surface area contributed by atoms with E-state index < -0.39 is 10.7 Å². The maximum Gasteiger partial charge on any atom is 0.0607 e. The smallest absolute Gasteiger partial charge is 0.0607 e. The van der Waals surface area contributed by atoms with E-state index in [2.05, 4.69) is 0 Å². The van der Waals surface area contributed by atoms with E-state index in [-0.39, 0.29) is 0 Å². The van der Waals surface area contributed by atoms with Gasteiger partial charge in [-0.05, 0) is 26.4 Å². The number of likely N-dealkylation sites (N-methyl/N-ethyl adjacent to an activating group) is 1. The quantitative estimate of drug-likeness (QED) is 0.496. The van der Waals surface area contributed by atoms with E-state index in [1.165, 1.54) is 0 Å². The fourth-order valence-electron chi connectivity index (χ4n) is 1.60. The van der Waals surface area contributed by atoms with Crippen LogP contribution in [0, 0.1) is 0 Å². The summed E-state index contributed by atoms with van der Waals surface area (Å²) >= 11 is 0. The highest BCUT2D eigenvalue weighted by atomic mass is 16.3. The molecular weight excluding hydrogens is 147 g/mol. The highest BCUT2D eigenvalue weighted by Crippen LogP contribution is 2.35. The van der Waals surface area contributed by atoms with Crippen LogP contribution in [0.3, 0.4) is 0 Å². The third kappa shape index (κ3) is 1.88. The van der Waals surface area contributed by atoms with E-state index in [1.54, 1.807) is 0 Å². The molecule has 0 bridgehead atoms. The van der Waals surface area contributed by atoms with Crippen molar-refractivity contribution in [2.45, 2.75) is 23.6 Å². The van der Waals surface area contributed by atoms with E-state index in [9.17, 15) is 5.11 Å². The Labute approximate surface area is 77.9 Å². The van der Waals surface area contributed by atoms with Crippen molar-refractivity contribution in [3.63, 3.8) is 0 Å². The number of nitrogens with zero attached hydrogens (tertiary/aromatic N) is 1. The van der Waals surface area contributed by atoms with E-state index >= 15 is 0 Å². The van der Waals surface area contributed by atoms with Gasteiger partial charge in [-0.25, -0.2) is 0 Å². The van der Waals surface area contributed by atoms with Gasteiger partial charge < -0.3 is 10.0 Å². The molecule has 0 aliphatic carbocycles. The Morgan fingerprint density at radius 3 is 2.33 bits per heavy atom. The van der Waals surface area contributed by atoms with Crippen LogP contribution in [-0.4, -0.2) is 59.3 Å². The van der Waals surface area contributed by atoms with Gasteiger partial charge >= 0.3 is 0 Å². The Morgan fingerprint density at radius 1 is 1.42 bits per heavy atom. The van der Waals surface area contributed by atoms with Gasteiger partial charge in [-0.3, -0.25) is 0 Å². The van der Waals surface area contributed by atoms with Crippen molar-refractivity contribution in [3.05, 3.63) is 0 Å². The minimum atomic E-state index is -1.50. The van der Waals surface area contributed by atoms with Gasteiger partial charge in [0.2, 0.25) is 0 Å². The summed E-state index contributed by atoms with van der Waals surface area (Å²) in [6, 6.07) is 0. The molecular formula is C7H12B3NO. The first-order chi connectivity index (χ1) is 5.35. The summed E-state index contributed by atoms with van der Waals surface area (Å²) in [4.78, 5) is 1.98. The molecule has 1 atom stereocenters. The number of rotatable bonds is 1. The normalized spacial score (nSPS) is 33.5. The van der Waals surface area contributed by atoms with Gasteiger partial charge in [0.1, 0.15) is 0 Å². The van der Waals surface area contributed by atoms with Gasteiger partial charge in [0, 0.05) is 6.54 Å². The standard InChI is InChI=1S/C7H12B3NO/c1-11-4-2-3-6(12,5-11)7(8,9)10/h12H,2-5H2,1H3. The molecule has 0 saturated carbocycles. The van der Waals surface area contributed by atoms with Crippen molar-refractivity contribution in [2.24, 2.45) is 0 Å². The fraction of sp³-hybridized carbons (Fsp3) is 1.00. The van der Waals surface area contributed by atoms with Gasteiger partial charge in [0.15, 0.2) is 0 Å². The molecule has 1 saturated heterocycles. The first kappa shape index (κ1) is 10.2. The van der Waals surface area contributed by atoms with Crippen molar-refractivity contribution in [1.82, 2.24) is 4.90 Å². The number of likely N-dealkylation sites (tertiary alicyclic amines) is 1. The van der Waals surface area contributed by atoms with Crippen LogP contribution in [0.4, 0.5) is 0 Å². The summed E-state index contributed by atoms with van der Waals surface area (Å²) in [5.41, 5.74) is -1.15. The lowest BCUT2D eigenvalue weighted by Gasteiger charge is -2.47. The molecule has 1 heterocycles. The summed E-state index contributed by atoms with van der Waals surface area (Å²) in [7, 11) is 18.4. The average Bonchev–Trinajstić information content (AvgIpc) is 1.83. The predicted octanol–water partition coefficient (Wildman–Crippen LogP) is -0.978. The fourth-order valence-corrected chi connectivity index (χ4v) is 1.60. The summed E-state index contributed by atoms with van der Waals surface area (Å²) in [6.07, 6.45) is 1.45. The molecule has 1 N–H and O–H groups in total. The first-order valence-corrected chi connectivity index (χ1v) is 4.13. The molecule has 0 aromatic carbocycles. The second-order valence-electron chi connectivity index (χ2n) is 3.81. The van der Waals surface area contributed by atoms with Crippen molar-refractivity contribution in [2.75, 3.05) is 20.1 Å². The molecule has 0 amide bonds. The minimum Gasteiger partial charge on any atom is -0.390 e. The van der Waals surface area contributed by atoms with Crippen LogP contribution in [-0.2, 0) is 0 Å². The molecule has 5 heteroatoms. The van der Waals surface area contributed by atoms with Gasteiger partial charge in [-0.15, -0.1) is 5.11 Å². The monoisotopic (exact) mass is 159 g/mol. The molecule has 0 spiro atoms. The van der Waals surface area contributed by atoms with Gasteiger partial charge in [0.25, 0.3) is 0 Å².